The van der Waals surface area contributed by atoms with E-state index in [1.165, 1.54) is 12.1 Å². The third-order valence-corrected chi connectivity index (χ3v) is 5.30. The van der Waals surface area contributed by atoms with Crippen LogP contribution in [-0.2, 0) is 13.0 Å². The summed E-state index contributed by atoms with van der Waals surface area (Å²) in [5.41, 5.74) is 3.03. The Morgan fingerprint density at radius 1 is 0.968 bits per heavy atom. The number of nitrogens with zero attached hydrogens (tertiary/aromatic N) is 2. The summed E-state index contributed by atoms with van der Waals surface area (Å²) in [6.07, 6.45) is 0.623. The Bertz CT molecular complexity index is 1220. The molecule has 6 heteroatoms. The predicted octanol–water partition coefficient (Wildman–Crippen LogP) is 5.47. The minimum atomic E-state index is -0.299. The SMILES string of the molecule is O=C(c1cccc(Oc2ccccc2)c1)N1CCc2c(noc2-c2ccc(F)cc2)C1. The number of rotatable bonds is 4. The van der Waals surface area contributed by atoms with E-state index in [2.05, 4.69) is 5.16 Å². The van der Waals surface area contributed by atoms with E-state index in [4.69, 9.17) is 9.26 Å². The Morgan fingerprint density at radius 2 is 1.74 bits per heavy atom. The van der Waals surface area contributed by atoms with Gasteiger partial charge in [-0.3, -0.25) is 4.79 Å². The van der Waals surface area contributed by atoms with Crippen molar-refractivity contribution in [1.82, 2.24) is 10.1 Å². The molecule has 0 fully saturated rings. The van der Waals surface area contributed by atoms with E-state index >= 15 is 0 Å². The predicted molar refractivity (Wildman–Crippen MR) is 113 cm³/mol. The average Bonchev–Trinajstić information content (AvgIpc) is 3.23. The molecule has 2 heterocycles. The monoisotopic (exact) mass is 414 g/mol. The summed E-state index contributed by atoms with van der Waals surface area (Å²) in [4.78, 5) is 14.8. The summed E-state index contributed by atoms with van der Waals surface area (Å²) in [7, 11) is 0. The zero-order chi connectivity index (χ0) is 21.2. The molecule has 0 aliphatic carbocycles. The number of para-hydroxylation sites is 1. The molecule has 0 spiro atoms. The number of hydrogen-bond donors (Lipinski definition) is 0. The number of amides is 1. The Hall–Kier alpha value is -3.93. The molecule has 0 radical (unpaired) electrons. The van der Waals surface area contributed by atoms with E-state index in [1.807, 2.05) is 42.5 Å². The van der Waals surface area contributed by atoms with Crippen LogP contribution in [-0.4, -0.2) is 22.5 Å². The van der Waals surface area contributed by atoms with Crippen molar-refractivity contribution in [3.8, 4) is 22.8 Å². The molecule has 1 aliphatic rings. The maximum Gasteiger partial charge on any atom is 0.254 e. The molecule has 31 heavy (non-hydrogen) atoms. The summed E-state index contributed by atoms with van der Waals surface area (Å²) >= 11 is 0. The van der Waals surface area contributed by atoms with Crippen LogP contribution in [0.3, 0.4) is 0 Å². The van der Waals surface area contributed by atoms with Crippen molar-refractivity contribution >= 4 is 5.91 Å². The lowest BCUT2D eigenvalue weighted by atomic mass is 10.00. The lowest BCUT2D eigenvalue weighted by molar-refractivity contribution is 0.0731. The van der Waals surface area contributed by atoms with E-state index in [0.29, 0.717) is 42.3 Å². The van der Waals surface area contributed by atoms with Gasteiger partial charge in [0.05, 0.1) is 6.54 Å². The number of halogens is 1. The second kappa shape index (κ2) is 8.07. The fourth-order valence-electron chi connectivity index (χ4n) is 3.73. The molecular formula is C25H19FN2O3. The van der Waals surface area contributed by atoms with Gasteiger partial charge < -0.3 is 14.2 Å². The minimum Gasteiger partial charge on any atom is -0.457 e. The van der Waals surface area contributed by atoms with Crippen LogP contribution in [0.25, 0.3) is 11.3 Å². The first kappa shape index (κ1) is 19.1. The lowest BCUT2D eigenvalue weighted by Gasteiger charge is -2.26. The third kappa shape index (κ3) is 3.92. The standard InChI is InChI=1S/C25H19FN2O3/c26-19-11-9-17(10-12-19)24-22-13-14-28(16-23(22)27-31-24)25(29)18-5-4-8-21(15-18)30-20-6-2-1-3-7-20/h1-12,15H,13-14,16H2. The smallest absolute Gasteiger partial charge is 0.254 e. The highest BCUT2D eigenvalue weighted by Crippen LogP contribution is 2.31. The maximum atomic E-state index is 13.2. The number of aromatic nitrogens is 1. The highest BCUT2D eigenvalue weighted by molar-refractivity contribution is 5.94. The fraction of sp³-hybridized carbons (Fsp3) is 0.120. The Labute approximate surface area is 178 Å². The molecule has 154 valence electrons. The second-order valence-electron chi connectivity index (χ2n) is 7.36. The Balaban J connectivity index is 1.33. The molecular weight excluding hydrogens is 395 g/mol. The zero-order valence-electron chi connectivity index (χ0n) is 16.6. The van der Waals surface area contributed by atoms with E-state index in [1.54, 1.807) is 29.2 Å². The van der Waals surface area contributed by atoms with Gasteiger partial charge in [0.15, 0.2) is 5.76 Å². The molecule has 0 unspecified atom stereocenters. The number of benzene rings is 3. The molecule has 1 aliphatic heterocycles. The lowest BCUT2D eigenvalue weighted by Crippen LogP contribution is -2.35. The largest absolute Gasteiger partial charge is 0.457 e. The van der Waals surface area contributed by atoms with Gasteiger partial charge in [0.2, 0.25) is 0 Å². The summed E-state index contributed by atoms with van der Waals surface area (Å²) in [5.74, 6) is 1.57. The van der Waals surface area contributed by atoms with Gasteiger partial charge in [0.1, 0.15) is 23.0 Å². The van der Waals surface area contributed by atoms with Gasteiger partial charge in [0, 0.05) is 23.2 Å². The van der Waals surface area contributed by atoms with E-state index in [-0.39, 0.29) is 11.7 Å². The molecule has 0 saturated heterocycles. The van der Waals surface area contributed by atoms with Crippen LogP contribution >= 0.6 is 0 Å². The molecule has 1 aromatic heterocycles. The number of carbonyl (C=O) groups excluding carboxylic acids is 1. The van der Waals surface area contributed by atoms with Crippen molar-refractivity contribution < 1.29 is 18.4 Å². The topological polar surface area (TPSA) is 55.6 Å². The van der Waals surface area contributed by atoms with Crippen LogP contribution in [0.5, 0.6) is 11.5 Å². The molecule has 0 saturated carbocycles. The van der Waals surface area contributed by atoms with Crippen molar-refractivity contribution in [3.05, 3.63) is 102 Å². The van der Waals surface area contributed by atoms with Gasteiger partial charge in [-0.15, -0.1) is 0 Å². The van der Waals surface area contributed by atoms with Gasteiger partial charge in [-0.1, -0.05) is 29.4 Å². The van der Waals surface area contributed by atoms with Crippen molar-refractivity contribution in [1.29, 1.82) is 0 Å². The van der Waals surface area contributed by atoms with Crippen LogP contribution < -0.4 is 4.74 Å². The maximum absolute atomic E-state index is 13.2. The van der Waals surface area contributed by atoms with Crippen molar-refractivity contribution in [2.45, 2.75) is 13.0 Å². The van der Waals surface area contributed by atoms with Gasteiger partial charge in [-0.05, 0) is 61.0 Å². The summed E-state index contributed by atoms with van der Waals surface area (Å²) < 4.78 is 24.6. The zero-order valence-corrected chi connectivity index (χ0v) is 16.6. The van der Waals surface area contributed by atoms with Gasteiger partial charge in [-0.2, -0.15) is 0 Å². The van der Waals surface area contributed by atoms with Crippen LogP contribution in [0.15, 0.2) is 83.4 Å². The van der Waals surface area contributed by atoms with E-state index in [9.17, 15) is 9.18 Å². The average molecular weight is 414 g/mol. The van der Waals surface area contributed by atoms with Crippen LogP contribution in [0.2, 0.25) is 0 Å². The number of hydrogen-bond acceptors (Lipinski definition) is 4. The van der Waals surface area contributed by atoms with Gasteiger partial charge in [-0.25, -0.2) is 4.39 Å². The third-order valence-electron chi connectivity index (χ3n) is 5.30. The Morgan fingerprint density at radius 3 is 2.55 bits per heavy atom. The summed E-state index contributed by atoms with van der Waals surface area (Å²) in [5, 5.41) is 4.17. The van der Waals surface area contributed by atoms with Crippen molar-refractivity contribution in [2.24, 2.45) is 0 Å². The van der Waals surface area contributed by atoms with E-state index in [0.717, 1.165) is 16.8 Å². The highest BCUT2D eigenvalue weighted by atomic mass is 19.1. The summed E-state index contributed by atoms with van der Waals surface area (Å²) in [6, 6.07) is 22.7. The number of carbonyl (C=O) groups is 1. The molecule has 5 nitrogen and oxygen atoms in total. The molecule has 0 atom stereocenters. The molecule has 3 aromatic carbocycles. The second-order valence-corrected chi connectivity index (χ2v) is 7.36. The van der Waals surface area contributed by atoms with Gasteiger partial charge in [0.25, 0.3) is 5.91 Å². The first-order valence-corrected chi connectivity index (χ1v) is 10.0. The van der Waals surface area contributed by atoms with Crippen molar-refractivity contribution in [3.63, 3.8) is 0 Å². The van der Waals surface area contributed by atoms with Crippen molar-refractivity contribution in [2.75, 3.05) is 6.54 Å². The quantitative estimate of drug-likeness (QED) is 0.444. The number of fused-ring (bicyclic) bond motifs is 1. The molecule has 4 aromatic rings. The molecule has 1 amide bonds. The highest BCUT2D eigenvalue weighted by Gasteiger charge is 2.28. The first-order chi connectivity index (χ1) is 15.2. The van der Waals surface area contributed by atoms with E-state index < -0.39 is 0 Å². The normalized spacial score (nSPS) is 13.0. The molecule has 5 rings (SSSR count). The first-order valence-electron chi connectivity index (χ1n) is 10.0. The fourth-order valence-corrected chi connectivity index (χ4v) is 3.73. The molecule has 0 N–H and O–H groups in total. The Kier molecular flexibility index (Phi) is 4.96. The van der Waals surface area contributed by atoms with Crippen LogP contribution in [0.1, 0.15) is 21.6 Å². The summed E-state index contributed by atoms with van der Waals surface area (Å²) in [6.45, 7) is 0.910. The van der Waals surface area contributed by atoms with Gasteiger partial charge >= 0.3 is 0 Å². The van der Waals surface area contributed by atoms with Crippen LogP contribution in [0.4, 0.5) is 4.39 Å². The van der Waals surface area contributed by atoms with Crippen LogP contribution in [0, 0.1) is 5.82 Å². The minimum absolute atomic E-state index is 0.0875. The molecule has 0 bridgehead atoms. The number of ether oxygens (including phenoxy) is 1.